The van der Waals surface area contributed by atoms with Gasteiger partial charge in [0.1, 0.15) is 17.2 Å². The van der Waals surface area contributed by atoms with Crippen LogP contribution < -0.4 is 4.72 Å². The lowest BCUT2D eigenvalue weighted by molar-refractivity contribution is 0.101. The van der Waals surface area contributed by atoms with Gasteiger partial charge in [0.05, 0.1) is 10.5 Å². The van der Waals surface area contributed by atoms with E-state index >= 15 is 0 Å². The molecule has 0 saturated heterocycles. The maximum atomic E-state index is 13.0. The highest BCUT2D eigenvalue weighted by Gasteiger charge is 2.19. The molecule has 0 aliphatic heterocycles. The van der Waals surface area contributed by atoms with Crippen LogP contribution in [0.2, 0.25) is 0 Å². The monoisotopic (exact) mass is 361 g/mol. The van der Waals surface area contributed by atoms with E-state index in [0.29, 0.717) is 33.5 Å². The molecule has 0 unspecified atom stereocenters. The summed E-state index contributed by atoms with van der Waals surface area (Å²) in [6.07, 6.45) is 0. The number of carbonyl (C=O) groups excluding carboxylic acids is 1. The van der Waals surface area contributed by atoms with Crippen LogP contribution in [0.5, 0.6) is 0 Å². The third-order valence-electron chi connectivity index (χ3n) is 3.88. The number of ketones is 1. The topological polar surface area (TPSA) is 76.4 Å². The SMILES string of the molecule is CC(=O)c1c(C)oc2c(C)cc(NS(=O)(=O)c3ccc(F)cc3)cc12. The second-order valence-electron chi connectivity index (χ2n) is 5.82. The Hall–Kier alpha value is -2.67. The van der Waals surface area contributed by atoms with Gasteiger partial charge in [-0.1, -0.05) is 0 Å². The van der Waals surface area contributed by atoms with Crippen LogP contribution in [-0.4, -0.2) is 14.2 Å². The molecule has 1 heterocycles. The van der Waals surface area contributed by atoms with Gasteiger partial charge in [0.25, 0.3) is 10.0 Å². The zero-order valence-corrected chi connectivity index (χ0v) is 14.7. The van der Waals surface area contributed by atoms with E-state index in [2.05, 4.69) is 4.72 Å². The van der Waals surface area contributed by atoms with Crippen molar-refractivity contribution in [2.75, 3.05) is 4.72 Å². The van der Waals surface area contributed by atoms with Gasteiger partial charge >= 0.3 is 0 Å². The lowest BCUT2D eigenvalue weighted by Gasteiger charge is -2.09. The van der Waals surface area contributed by atoms with Crippen LogP contribution >= 0.6 is 0 Å². The second-order valence-corrected chi connectivity index (χ2v) is 7.50. The van der Waals surface area contributed by atoms with Crippen molar-refractivity contribution in [2.45, 2.75) is 25.7 Å². The van der Waals surface area contributed by atoms with Crippen molar-refractivity contribution in [1.29, 1.82) is 0 Å². The summed E-state index contributed by atoms with van der Waals surface area (Å²) in [5, 5.41) is 0.557. The molecular formula is C18H16FNO4S. The fraction of sp³-hybridized carbons (Fsp3) is 0.167. The summed E-state index contributed by atoms with van der Waals surface area (Å²) < 4.78 is 46.0. The maximum Gasteiger partial charge on any atom is 0.261 e. The van der Waals surface area contributed by atoms with E-state index in [1.165, 1.54) is 19.1 Å². The van der Waals surface area contributed by atoms with Crippen LogP contribution in [0.4, 0.5) is 10.1 Å². The number of Topliss-reactive ketones (excluding diaryl/α,β-unsaturated/α-hetero) is 1. The number of hydrogen-bond donors (Lipinski definition) is 1. The largest absolute Gasteiger partial charge is 0.460 e. The van der Waals surface area contributed by atoms with Gasteiger partial charge in [-0.05, 0) is 62.7 Å². The van der Waals surface area contributed by atoms with Crippen LogP contribution in [0.25, 0.3) is 11.0 Å². The smallest absolute Gasteiger partial charge is 0.261 e. The number of carbonyl (C=O) groups is 1. The van der Waals surface area contributed by atoms with Gasteiger partial charge in [-0.15, -0.1) is 0 Å². The number of furan rings is 1. The van der Waals surface area contributed by atoms with Crippen molar-refractivity contribution >= 4 is 32.5 Å². The van der Waals surface area contributed by atoms with Gasteiger partial charge in [0.2, 0.25) is 0 Å². The standard InChI is InChI=1S/C18H16FNO4S/c1-10-8-14(9-16-17(11(2)21)12(3)24-18(10)16)20-25(22,23)15-6-4-13(19)5-7-15/h4-9,20H,1-3H3. The van der Waals surface area contributed by atoms with Crippen LogP contribution in [-0.2, 0) is 10.0 Å². The highest BCUT2D eigenvalue weighted by molar-refractivity contribution is 7.92. The minimum Gasteiger partial charge on any atom is -0.460 e. The first-order valence-corrected chi connectivity index (χ1v) is 9.00. The molecular weight excluding hydrogens is 345 g/mol. The van der Waals surface area contributed by atoms with E-state index < -0.39 is 15.8 Å². The Morgan fingerprint density at radius 1 is 1.12 bits per heavy atom. The minimum absolute atomic E-state index is 0.0539. The Labute approximate surface area is 144 Å². The van der Waals surface area contributed by atoms with Gasteiger partial charge in [-0.25, -0.2) is 12.8 Å². The van der Waals surface area contributed by atoms with Crippen LogP contribution in [0.3, 0.4) is 0 Å². The van der Waals surface area contributed by atoms with Gasteiger partial charge < -0.3 is 4.42 Å². The zero-order valence-electron chi connectivity index (χ0n) is 13.9. The Bertz CT molecular complexity index is 1080. The normalized spacial score (nSPS) is 11.7. The molecule has 0 saturated carbocycles. The predicted octanol–water partition coefficient (Wildman–Crippen LogP) is 4.19. The number of hydrogen-bond acceptors (Lipinski definition) is 4. The lowest BCUT2D eigenvalue weighted by Crippen LogP contribution is -2.13. The van der Waals surface area contributed by atoms with Crippen LogP contribution in [0.15, 0.2) is 45.7 Å². The summed E-state index contributed by atoms with van der Waals surface area (Å²) in [5.41, 5.74) is 1.98. The molecule has 25 heavy (non-hydrogen) atoms. The zero-order chi connectivity index (χ0) is 18.4. The summed E-state index contributed by atoms with van der Waals surface area (Å²) in [6.45, 7) is 4.89. The molecule has 0 fully saturated rings. The molecule has 0 aliphatic rings. The quantitative estimate of drug-likeness (QED) is 0.707. The number of fused-ring (bicyclic) bond motifs is 1. The molecule has 0 bridgehead atoms. The Kier molecular flexibility index (Phi) is 4.12. The van der Waals surface area contributed by atoms with Gasteiger partial charge in [-0.3, -0.25) is 9.52 Å². The summed E-state index contributed by atoms with van der Waals surface area (Å²) in [6, 6.07) is 7.72. The van der Waals surface area contributed by atoms with E-state index in [-0.39, 0.29) is 10.7 Å². The molecule has 2 aromatic carbocycles. The Morgan fingerprint density at radius 3 is 2.36 bits per heavy atom. The molecule has 0 atom stereocenters. The lowest BCUT2D eigenvalue weighted by atomic mass is 10.0. The average Bonchev–Trinajstić information content (AvgIpc) is 2.84. The highest BCUT2D eigenvalue weighted by atomic mass is 32.2. The number of nitrogens with one attached hydrogen (secondary N) is 1. The summed E-state index contributed by atoms with van der Waals surface area (Å²) >= 11 is 0. The Balaban J connectivity index is 2.09. The summed E-state index contributed by atoms with van der Waals surface area (Å²) in [7, 11) is -3.87. The van der Waals surface area contributed by atoms with Crippen LogP contribution in [0.1, 0.15) is 28.6 Å². The molecule has 5 nitrogen and oxygen atoms in total. The van der Waals surface area contributed by atoms with E-state index in [9.17, 15) is 17.6 Å². The number of anilines is 1. The molecule has 3 rings (SSSR count). The number of sulfonamides is 1. The number of rotatable bonds is 4. The fourth-order valence-electron chi connectivity index (χ4n) is 2.81. The first-order valence-electron chi connectivity index (χ1n) is 7.52. The molecule has 0 aliphatic carbocycles. The van der Waals surface area contributed by atoms with Crippen molar-refractivity contribution in [1.82, 2.24) is 0 Å². The molecule has 7 heteroatoms. The molecule has 0 radical (unpaired) electrons. The van der Waals surface area contributed by atoms with Gasteiger partial charge in [-0.2, -0.15) is 0 Å². The molecule has 130 valence electrons. The molecule has 0 amide bonds. The number of aryl methyl sites for hydroxylation is 2. The van der Waals surface area contributed by atoms with Crippen molar-refractivity contribution in [3.05, 3.63) is 59.1 Å². The number of halogens is 1. The van der Waals surface area contributed by atoms with Gasteiger partial charge in [0.15, 0.2) is 5.78 Å². The maximum absolute atomic E-state index is 13.0. The van der Waals surface area contributed by atoms with E-state index in [1.54, 1.807) is 26.0 Å². The van der Waals surface area contributed by atoms with Crippen molar-refractivity contribution in [3.63, 3.8) is 0 Å². The molecule has 1 aromatic heterocycles. The third-order valence-corrected chi connectivity index (χ3v) is 5.28. The molecule has 0 spiro atoms. The van der Waals surface area contributed by atoms with E-state index in [1.807, 2.05) is 0 Å². The summed E-state index contributed by atoms with van der Waals surface area (Å²) in [4.78, 5) is 11.8. The van der Waals surface area contributed by atoms with Crippen LogP contribution in [0, 0.1) is 19.7 Å². The Morgan fingerprint density at radius 2 is 1.76 bits per heavy atom. The average molecular weight is 361 g/mol. The second kappa shape index (κ2) is 6.00. The highest BCUT2D eigenvalue weighted by Crippen LogP contribution is 2.32. The van der Waals surface area contributed by atoms with Crippen molar-refractivity contribution < 1.29 is 22.0 Å². The van der Waals surface area contributed by atoms with Crippen molar-refractivity contribution in [2.24, 2.45) is 0 Å². The van der Waals surface area contributed by atoms with E-state index in [0.717, 1.165) is 12.1 Å². The number of benzene rings is 2. The predicted molar refractivity (Wildman–Crippen MR) is 92.9 cm³/mol. The van der Waals surface area contributed by atoms with Crippen molar-refractivity contribution in [3.8, 4) is 0 Å². The minimum atomic E-state index is -3.87. The fourth-order valence-corrected chi connectivity index (χ4v) is 3.85. The summed E-state index contributed by atoms with van der Waals surface area (Å²) in [5.74, 6) is -0.186. The first-order chi connectivity index (χ1) is 11.7. The third kappa shape index (κ3) is 3.15. The van der Waals surface area contributed by atoms with E-state index in [4.69, 9.17) is 4.42 Å². The first kappa shape index (κ1) is 17.2. The molecule has 1 N–H and O–H groups in total. The molecule has 3 aromatic rings. The van der Waals surface area contributed by atoms with Gasteiger partial charge in [0, 0.05) is 11.1 Å².